The van der Waals surface area contributed by atoms with Crippen LogP contribution in [0.1, 0.15) is 38.3 Å². The first-order valence-electron chi connectivity index (χ1n) is 6.40. The van der Waals surface area contributed by atoms with E-state index in [1.54, 1.807) is 0 Å². The molecule has 0 aliphatic rings. The van der Waals surface area contributed by atoms with E-state index in [9.17, 15) is 0 Å². The normalized spacial score (nSPS) is 13.1. The van der Waals surface area contributed by atoms with E-state index in [2.05, 4.69) is 57.3 Å². The van der Waals surface area contributed by atoms with E-state index in [1.165, 1.54) is 17.5 Å². The van der Waals surface area contributed by atoms with Crippen LogP contribution in [-0.2, 0) is 6.42 Å². The van der Waals surface area contributed by atoms with Gasteiger partial charge in [0.25, 0.3) is 0 Å². The molecule has 0 saturated carbocycles. The Bertz CT molecular complexity index is 304. The van der Waals surface area contributed by atoms with Crippen LogP contribution >= 0.6 is 0 Å². The zero-order valence-corrected chi connectivity index (χ0v) is 11.1. The van der Waals surface area contributed by atoms with Gasteiger partial charge in [-0.25, -0.2) is 0 Å². The first-order valence-corrected chi connectivity index (χ1v) is 6.40. The van der Waals surface area contributed by atoms with Gasteiger partial charge in [0.1, 0.15) is 0 Å². The molecule has 1 aromatic carbocycles. The van der Waals surface area contributed by atoms with Crippen LogP contribution in [-0.4, -0.2) is 12.6 Å². The Balaban J connectivity index is 2.60. The molecule has 1 unspecified atom stereocenters. The van der Waals surface area contributed by atoms with E-state index >= 15 is 0 Å². The number of rotatable bonds is 6. The van der Waals surface area contributed by atoms with Crippen LogP contribution in [0.3, 0.4) is 0 Å². The van der Waals surface area contributed by atoms with E-state index in [1.807, 2.05) is 0 Å². The van der Waals surface area contributed by atoms with E-state index in [0.29, 0.717) is 6.04 Å². The van der Waals surface area contributed by atoms with Gasteiger partial charge < -0.3 is 5.32 Å². The van der Waals surface area contributed by atoms with Crippen LogP contribution in [0.2, 0.25) is 0 Å². The van der Waals surface area contributed by atoms with Crippen molar-refractivity contribution in [1.82, 2.24) is 5.32 Å². The average molecular weight is 219 g/mol. The summed E-state index contributed by atoms with van der Waals surface area (Å²) in [5.41, 5.74) is 2.81. The van der Waals surface area contributed by atoms with Crippen LogP contribution in [0.25, 0.3) is 0 Å². The molecule has 1 rings (SSSR count). The minimum absolute atomic E-state index is 0.617. The number of aryl methyl sites for hydroxylation is 1. The summed E-state index contributed by atoms with van der Waals surface area (Å²) in [4.78, 5) is 0. The zero-order chi connectivity index (χ0) is 12.0. The standard InChI is InChI=1S/C15H25N/c1-5-16-15(9-12(2)3)11-14-8-6-7-13(4)10-14/h6-8,10,12,15-16H,5,9,11H2,1-4H3. The summed E-state index contributed by atoms with van der Waals surface area (Å²) < 4.78 is 0. The van der Waals surface area contributed by atoms with Crippen molar-refractivity contribution < 1.29 is 0 Å². The predicted octanol–water partition coefficient (Wildman–Crippen LogP) is 3.56. The molecule has 0 radical (unpaired) electrons. The number of benzene rings is 1. The van der Waals surface area contributed by atoms with Crippen molar-refractivity contribution in [1.29, 1.82) is 0 Å². The average Bonchev–Trinajstić information content (AvgIpc) is 2.16. The van der Waals surface area contributed by atoms with Gasteiger partial charge in [-0.3, -0.25) is 0 Å². The Labute approximate surface area is 100 Å². The summed E-state index contributed by atoms with van der Waals surface area (Å²) >= 11 is 0. The number of hydrogen-bond donors (Lipinski definition) is 1. The molecule has 1 heteroatoms. The Morgan fingerprint density at radius 3 is 2.56 bits per heavy atom. The summed E-state index contributed by atoms with van der Waals surface area (Å²) in [6.45, 7) is 9.99. The van der Waals surface area contributed by atoms with Gasteiger partial charge in [-0.05, 0) is 37.8 Å². The Morgan fingerprint density at radius 2 is 2.00 bits per heavy atom. The molecule has 0 aliphatic carbocycles. The first kappa shape index (κ1) is 13.2. The second-order valence-electron chi connectivity index (χ2n) is 5.08. The van der Waals surface area contributed by atoms with Gasteiger partial charge in [0, 0.05) is 6.04 Å². The summed E-state index contributed by atoms with van der Waals surface area (Å²) in [7, 11) is 0. The van der Waals surface area contributed by atoms with Crippen molar-refractivity contribution in [3.05, 3.63) is 35.4 Å². The summed E-state index contributed by atoms with van der Waals surface area (Å²) in [6.07, 6.45) is 2.40. The second kappa shape index (κ2) is 6.70. The molecule has 0 spiro atoms. The molecule has 0 bridgehead atoms. The van der Waals surface area contributed by atoms with E-state index < -0.39 is 0 Å². The van der Waals surface area contributed by atoms with Crippen molar-refractivity contribution in [3.63, 3.8) is 0 Å². The van der Waals surface area contributed by atoms with Gasteiger partial charge in [-0.2, -0.15) is 0 Å². The maximum Gasteiger partial charge on any atom is 0.0110 e. The predicted molar refractivity (Wildman–Crippen MR) is 71.8 cm³/mol. The van der Waals surface area contributed by atoms with Crippen molar-refractivity contribution >= 4 is 0 Å². The third kappa shape index (κ3) is 4.80. The van der Waals surface area contributed by atoms with Crippen LogP contribution in [0.15, 0.2) is 24.3 Å². The molecule has 1 N–H and O–H groups in total. The molecule has 0 aromatic heterocycles. The van der Waals surface area contributed by atoms with Gasteiger partial charge >= 0.3 is 0 Å². The van der Waals surface area contributed by atoms with Crippen molar-refractivity contribution in [3.8, 4) is 0 Å². The molecule has 1 atom stereocenters. The highest BCUT2D eigenvalue weighted by Crippen LogP contribution is 2.12. The second-order valence-corrected chi connectivity index (χ2v) is 5.08. The van der Waals surface area contributed by atoms with Gasteiger partial charge in [-0.1, -0.05) is 50.6 Å². The minimum Gasteiger partial charge on any atom is -0.314 e. The molecule has 1 aromatic rings. The Morgan fingerprint density at radius 1 is 1.25 bits per heavy atom. The molecule has 90 valence electrons. The highest BCUT2D eigenvalue weighted by Gasteiger charge is 2.10. The topological polar surface area (TPSA) is 12.0 Å². The summed E-state index contributed by atoms with van der Waals surface area (Å²) in [5.74, 6) is 0.758. The van der Waals surface area contributed by atoms with Gasteiger partial charge in [0.2, 0.25) is 0 Å². The molecule has 0 amide bonds. The molecule has 1 nitrogen and oxygen atoms in total. The third-order valence-corrected chi connectivity index (χ3v) is 2.81. The number of hydrogen-bond acceptors (Lipinski definition) is 1. The largest absolute Gasteiger partial charge is 0.314 e. The molecule has 16 heavy (non-hydrogen) atoms. The fraction of sp³-hybridized carbons (Fsp3) is 0.600. The monoisotopic (exact) mass is 219 g/mol. The van der Waals surface area contributed by atoms with Crippen molar-refractivity contribution in [2.24, 2.45) is 5.92 Å². The molecule has 0 aliphatic heterocycles. The fourth-order valence-electron chi connectivity index (χ4n) is 2.22. The first-order chi connectivity index (χ1) is 7.61. The summed E-state index contributed by atoms with van der Waals surface area (Å²) in [5, 5.41) is 3.58. The lowest BCUT2D eigenvalue weighted by atomic mass is 9.96. The fourth-order valence-corrected chi connectivity index (χ4v) is 2.22. The van der Waals surface area contributed by atoms with Crippen LogP contribution in [0, 0.1) is 12.8 Å². The van der Waals surface area contributed by atoms with Gasteiger partial charge in [0.05, 0.1) is 0 Å². The number of likely N-dealkylation sites (N-methyl/N-ethyl adjacent to an activating group) is 1. The van der Waals surface area contributed by atoms with E-state index in [4.69, 9.17) is 0 Å². The van der Waals surface area contributed by atoms with E-state index in [-0.39, 0.29) is 0 Å². The zero-order valence-electron chi connectivity index (χ0n) is 11.1. The van der Waals surface area contributed by atoms with Gasteiger partial charge in [0.15, 0.2) is 0 Å². The van der Waals surface area contributed by atoms with Crippen molar-refractivity contribution in [2.75, 3.05) is 6.54 Å². The molecular weight excluding hydrogens is 194 g/mol. The van der Waals surface area contributed by atoms with Crippen LogP contribution in [0.4, 0.5) is 0 Å². The lowest BCUT2D eigenvalue weighted by Crippen LogP contribution is -2.32. The lowest BCUT2D eigenvalue weighted by molar-refractivity contribution is 0.424. The third-order valence-electron chi connectivity index (χ3n) is 2.81. The quantitative estimate of drug-likeness (QED) is 0.771. The highest BCUT2D eigenvalue weighted by atomic mass is 14.9. The lowest BCUT2D eigenvalue weighted by Gasteiger charge is -2.20. The molecule has 0 saturated heterocycles. The van der Waals surface area contributed by atoms with Gasteiger partial charge in [-0.15, -0.1) is 0 Å². The minimum atomic E-state index is 0.617. The van der Waals surface area contributed by atoms with E-state index in [0.717, 1.165) is 18.9 Å². The van der Waals surface area contributed by atoms with Crippen LogP contribution < -0.4 is 5.32 Å². The maximum atomic E-state index is 3.58. The summed E-state index contributed by atoms with van der Waals surface area (Å²) in [6, 6.07) is 9.46. The number of nitrogens with one attached hydrogen (secondary N) is 1. The SMILES string of the molecule is CCNC(Cc1cccc(C)c1)CC(C)C. The Hall–Kier alpha value is -0.820. The van der Waals surface area contributed by atoms with Crippen molar-refractivity contribution in [2.45, 2.75) is 46.6 Å². The van der Waals surface area contributed by atoms with Crippen LogP contribution in [0.5, 0.6) is 0 Å². The molecule has 0 fully saturated rings. The molecule has 0 heterocycles. The Kier molecular flexibility index (Phi) is 5.54. The maximum absolute atomic E-state index is 3.58. The molecular formula is C15H25N. The highest BCUT2D eigenvalue weighted by molar-refractivity contribution is 5.23. The smallest absolute Gasteiger partial charge is 0.0110 e.